The summed E-state index contributed by atoms with van der Waals surface area (Å²) in [6.45, 7) is 4.02. The van der Waals surface area contributed by atoms with Crippen molar-refractivity contribution in [2.24, 2.45) is 5.92 Å². The molecule has 6 nitrogen and oxygen atoms in total. The number of rotatable bonds is 9. The molecule has 1 atom stereocenters. The third-order valence-corrected chi connectivity index (χ3v) is 4.52. The van der Waals surface area contributed by atoms with Crippen molar-refractivity contribution in [1.29, 1.82) is 0 Å². The summed E-state index contributed by atoms with van der Waals surface area (Å²) in [5.74, 6) is -0.459. The Labute approximate surface area is 170 Å². The van der Waals surface area contributed by atoms with Crippen molar-refractivity contribution in [2.75, 3.05) is 20.8 Å². The Kier molecular flexibility index (Phi) is 8.00. The molecular formula is C22H27FN2O4. The predicted molar refractivity (Wildman–Crippen MR) is 109 cm³/mol. The Morgan fingerprint density at radius 1 is 1.03 bits per heavy atom. The van der Waals surface area contributed by atoms with Gasteiger partial charge < -0.3 is 20.1 Å². The highest BCUT2D eigenvalue weighted by atomic mass is 19.1. The van der Waals surface area contributed by atoms with Gasteiger partial charge in [0.15, 0.2) is 11.5 Å². The Morgan fingerprint density at radius 2 is 1.72 bits per heavy atom. The monoisotopic (exact) mass is 402 g/mol. The van der Waals surface area contributed by atoms with Crippen LogP contribution in [0, 0.1) is 11.7 Å². The molecule has 0 aliphatic heterocycles. The smallest absolute Gasteiger partial charge is 0.254 e. The molecule has 0 saturated carbocycles. The first-order chi connectivity index (χ1) is 13.9. The number of hydrogen-bond acceptors (Lipinski definition) is 4. The number of carbonyl (C=O) groups is 2. The average molecular weight is 402 g/mol. The van der Waals surface area contributed by atoms with Crippen LogP contribution in [0.1, 0.15) is 29.8 Å². The van der Waals surface area contributed by atoms with E-state index in [9.17, 15) is 14.0 Å². The lowest BCUT2D eigenvalue weighted by atomic mass is 10.0. The molecule has 2 N–H and O–H groups in total. The summed E-state index contributed by atoms with van der Waals surface area (Å²) in [6.07, 6.45) is 0.582. The summed E-state index contributed by atoms with van der Waals surface area (Å²) < 4.78 is 24.3. The molecule has 0 radical (unpaired) electrons. The zero-order chi connectivity index (χ0) is 21.4. The molecule has 7 heteroatoms. The van der Waals surface area contributed by atoms with Crippen LogP contribution < -0.4 is 20.1 Å². The summed E-state index contributed by atoms with van der Waals surface area (Å²) in [4.78, 5) is 24.9. The second-order valence-corrected chi connectivity index (χ2v) is 6.91. The van der Waals surface area contributed by atoms with Crippen LogP contribution in [0.4, 0.5) is 4.39 Å². The predicted octanol–water partition coefficient (Wildman–Crippen LogP) is 2.96. The first kappa shape index (κ1) is 22.2. The van der Waals surface area contributed by atoms with Crippen molar-refractivity contribution >= 4 is 11.8 Å². The highest BCUT2D eigenvalue weighted by Gasteiger charge is 2.25. The van der Waals surface area contributed by atoms with Crippen LogP contribution in [0.5, 0.6) is 11.5 Å². The number of halogens is 1. The number of benzene rings is 2. The SMILES string of the molecule is COc1ccc(CCNC(=O)[C@@H](NC(=O)c2ccccc2F)C(C)C)cc1OC. The zero-order valence-electron chi connectivity index (χ0n) is 17.1. The van der Waals surface area contributed by atoms with Crippen LogP contribution in [0.15, 0.2) is 42.5 Å². The number of nitrogens with one attached hydrogen (secondary N) is 2. The minimum atomic E-state index is -0.771. The maximum atomic E-state index is 13.8. The van der Waals surface area contributed by atoms with Gasteiger partial charge in [-0.2, -0.15) is 0 Å². The van der Waals surface area contributed by atoms with Gasteiger partial charge in [0.25, 0.3) is 5.91 Å². The quantitative estimate of drug-likeness (QED) is 0.676. The number of methoxy groups -OCH3 is 2. The number of hydrogen-bond donors (Lipinski definition) is 2. The maximum Gasteiger partial charge on any atom is 0.254 e. The van der Waals surface area contributed by atoms with E-state index in [-0.39, 0.29) is 17.4 Å². The zero-order valence-corrected chi connectivity index (χ0v) is 17.1. The van der Waals surface area contributed by atoms with Crippen molar-refractivity contribution in [3.63, 3.8) is 0 Å². The van der Waals surface area contributed by atoms with E-state index in [4.69, 9.17) is 9.47 Å². The van der Waals surface area contributed by atoms with Gasteiger partial charge in [-0.1, -0.05) is 32.0 Å². The van der Waals surface area contributed by atoms with E-state index in [1.54, 1.807) is 20.3 Å². The molecule has 2 rings (SSSR count). The Hall–Kier alpha value is -3.09. The molecule has 0 aliphatic rings. The van der Waals surface area contributed by atoms with E-state index >= 15 is 0 Å². The summed E-state index contributed by atoms with van der Waals surface area (Å²) in [5.41, 5.74) is 0.885. The van der Waals surface area contributed by atoms with Crippen molar-refractivity contribution in [1.82, 2.24) is 10.6 Å². The van der Waals surface area contributed by atoms with Crippen LogP contribution >= 0.6 is 0 Å². The van der Waals surface area contributed by atoms with E-state index in [1.807, 2.05) is 32.0 Å². The number of amides is 2. The summed E-state index contributed by atoms with van der Waals surface area (Å²) in [6, 6.07) is 10.5. The Bertz CT molecular complexity index is 854. The summed E-state index contributed by atoms with van der Waals surface area (Å²) >= 11 is 0. The van der Waals surface area contributed by atoms with Crippen molar-refractivity contribution < 1.29 is 23.5 Å². The molecule has 0 aliphatic carbocycles. The van der Waals surface area contributed by atoms with E-state index in [1.165, 1.54) is 18.2 Å². The van der Waals surface area contributed by atoms with Crippen LogP contribution in [-0.4, -0.2) is 38.6 Å². The lowest BCUT2D eigenvalue weighted by Gasteiger charge is -2.22. The third kappa shape index (κ3) is 5.94. The molecule has 0 bridgehead atoms. The van der Waals surface area contributed by atoms with Gasteiger partial charge in [-0.3, -0.25) is 9.59 Å². The van der Waals surface area contributed by atoms with Crippen LogP contribution in [0.3, 0.4) is 0 Å². The molecule has 29 heavy (non-hydrogen) atoms. The Morgan fingerprint density at radius 3 is 2.34 bits per heavy atom. The van der Waals surface area contributed by atoms with Crippen LogP contribution in [-0.2, 0) is 11.2 Å². The van der Waals surface area contributed by atoms with Crippen LogP contribution in [0.2, 0.25) is 0 Å². The number of ether oxygens (including phenoxy) is 2. The first-order valence-corrected chi connectivity index (χ1v) is 9.41. The largest absolute Gasteiger partial charge is 0.493 e. The molecular weight excluding hydrogens is 375 g/mol. The first-order valence-electron chi connectivity index (χ1n) is 9.41. The van der Waals surface area contributed by atoms with E-state index in [0.717, 1.165) is 5.56 Å². The highest BCUT2D eigenvalue weighted by Crippen LogP contribution is 2.27. The second-order valence-electron chi connectivity index (χ2n) is 6.91. The Balaban J connectivity index is 1.96. The third-order valence-electron chi connectivity index (χ3n) is 4.52. The molecule has 0 heterocycles. The van der Waals surface area contributed by atoms with E-state index in [0.29, 0.717) is 24.5 Å². The summed E-state index contributed by atoms with van der Waals surface area (Å²) in [5, 5.41) is 5.46. The fourth-order valence-electron chi connectivity index (χ4n) is 2.88. The maximum absolute atomic E-state index is 13.8. The average Bonchev–Trinajstić information content (AvgIpc) is 2.71. The highest BCUT2D eigenvalue weighted by molar-refractivity contribution is 5.97. The molecule has 2 aromatic rings. The fraction of sp³-hybridized carbons (Fsp3) is 0.364. The standard InChI is InChI=1S/C22H27FN2O4/c1-14(2)20(25-21(26)16-7-5-6-8-17(16)23)22(27)24-12-11-15-9-10-18(28-3)19(13-15)29-4/h5-10,13-14,20H,11-12H2,1-4H3,(H,24,27)(H,25,26)/t20-/m0/s1. The van der Waals surface area contributed by atoms with Crippen molar-refractivity contribution in [3.8, 4) is 11.5 Å². The second kappa shape index (κ2) is 10.5. The fourth-order valence-corrected chi connectivity index (χ4v) is 2.88. The molecule has 2 amide bonds. The van der Waals surface area contributed by atoms with Crippen molar-refractivity contribution in [3.05, 3.63) is 59.4 Å². The molecule has 156 valence electrons. The molecule has 2 aromatic carbocycles. The minimum absolute atomic E-state index is 0.0868. The molecule has 0 fully saturated rings. The van der Waals surface area contributed by atoms with Crippen LogP contribution in [0.25, 0.3) is 0 Å². The van der Waals surface area contributed by atoms with Gasteiger partial charge in [0.2, 0.25) is 5.91 Å². The van der Waals surface area contributed by atoms with Gasteiger partial charge in [0, 0.05) is 6.54 Å². The van der Waals surface area contributed by atoms with Gasteiger partial charge in [-0.15, -0.1) is 0 Å². The lowest BCUT2D eigenvalue weighted by molar-refractivity contribution is -0.123. The molecule has 0 saturated heterocycles. The van der Waals surface area contributed by atoms with Gasteiger partial charge in [-0.25, -0.2) is 4.39 Å². The van der Waals surface area contributed by atoms with Gasteiger partial charge in [0.1, 0.15) is 11.9 Å². The van der Waals surface area contributed by atoms with Gasteiger partial charge in [0.05, 0.1) is 19.8 Å². The minimum Gasteiger partial charge on any atom is -0.493 e. The van der Waals surface area contributed by atoms with Crippen molar-refractivity contribution in [2.45, 2.75) is 26.3 Å². The molecule has 0 unspecified atom stereocenters. The van der Waals surface area contributed by atoms with E-state index in [2.05, 4.69) is 10.6 Å². The van der Waals surface area contributed by atoms with Gasteiger partial charge >= 0.3 is 0 Å². The van der Waals surface area contributed by atoms with E-state index < -0.39 is 17.8 Å². The number of carbonyl (C=O) groups excluding carboxylic acids is 2. The van der Waals surface area contributed by atoms with Gasteiger partial charge in [-0.05, 0) is 42.2 Å². The summed E-state index contributed by atoms with van der Waals surface area (Å²) in [7, 11) is 3.13. The normalized spacial score (nSPS) is 11.7. The molecule has 0 aromatic heterocycles. The lowest BCUT2D eigenvalue weighted by Crippen LogP contribution is -2.50. The molecule has 0 spiro atoms. The topological polar surface area (TPSA) is 76.7 Å².